The first-order valence-electron chi connectivity index (χ1n) is 7.39. The van der Waals surface area contributed by atoms with Gasteiger partial charge in [0.05, 0.1) is 18.1 Å². The van der Waals surface area contributed by atoms with Gasteiger partial charge in [-0.25, -0.2) is 0 Å². The molecule has 1 unspecified atom stereocenters. The topological polar surface area (TPSA) is 110 Å². The molecule has 0 bridgehead atoms. The molecule has 126 valence electrons. The molecule has 8 heteroatoms. The third-order valence-corrected chi connectivity index (χ3v) is 3.87. The standard InChI is InChI=1S/C17H12N2O6/c1-9-8-12(18-25-9)19-14(10-4-2-6-23-10)13(16(21)17(19)22)15(20)11-5-3-7-24-11/h2-8,14,21H,1H3. The Labute approximate surface area is 140 Å². The second-order valence-electron chi connectivity index (χ2n) is 5.46. The van der Waals surface area contributed by atoms with E-state index in [1.807, 2.05) is 0 Å². The van der Waals surface area contributed by atoms with Crippen LogP contribution in [0.5, 0.6) is 0 Å². The lowest BCUT2D eigenvalue weighted by Gasteiger charge is -2.21. The van der Waals surface area contributed by atoms with Gasteiger partial charge in [-0.2, -0.15) is 0 Å². The van der Waals surface area contributed by atoms with E-state index in [9.17, 15) is 14.7 Å². The van der Waals surface area contributed by atoms with Crippen LogP contribution in [0.4, 0.5) is 5.82 Å². The van der Waals surface area contributed by atoms with Crippen molar-refractivity contribution < 1.29 is 28.1 Å². The molecule has 3 aromatic rings. The van der Waals surface area contributed by atoms with E-state index < -0.39 is 23.5 Å². The number of carbonyl (C=O) groups is 2. The van der Waals surface area contributed by atoms with Crippen molar-refractivity contribution in [3.8, 4) is 0 Å². The summed E-state index contributed by atoms with van der Waals surface area (Å²) in [5, 5.41) is 14.2. The van der Waals surface area contributed by atoms with Crippen molar-refractivity contribution in [3.63, 3.8) is 0 Å². The van der Waals surface area contributed by atoms with E-state index in [0.717, 1.165) is 4.90 Å². The van der Waals surface area contributed by atoms with E-state index >= 15 is 0 Å². The van der Waals surface area contributed by atoms with Gasteiger partial charge in [0, 0.05) is 6.07 Å². The van der Waals surface area contributed by atoms with Crippen molar-refractivity contribution in [2.75, 3.05) is 4.90 Å². The summed E-state index contributed by atoms with van der Waals surface area (Å²) < 4.78 is 15.5. The summed E-state index contributed by atoms with van der Waals surface area (Å²) in [6, 6.07) is 6.77. The highest BCUT2D eigenvalue weighted by molar-refractivity contribution is 6.19. The molecule has 1 atom stereocenters. The van der Waals surface area contributed by atoms with Crippen molar-refractivity contribution in [2.24, 2.45) is 0 Å². The molecule has 1 N–H and O–H groups in total. The smallest absolute Gasteiger partial charge is 0.295 e. The molecule has 0 saturated carbocycles. The highest BCUT2D eigenvalue weighted by Crippen LogP contribution is 2.41. The number of rotatable bonds is 4. The Morgan fingerprint density at radius 2 is 2.00 bits per heavy atom. The van der Waals surface area contributed by atoms with Crippen LogP contribution in [0.2, 0.25) is 0 Å². The predicted octanol–water partition coefficient (Wildman–Crippen LogP) is 2.95. The van der Waals surface area contributed by atoms with E-state index in [4.69, 9.17) is 13.4 Å². The van der Waals surface area contributed by atoms with Crippen LogP contribution < -0.4 is 4.90 Å². The van der Waals surface area contributed by atoms with Crippen LogP contribution in [0.25, 0.3) is 0 Å². The minimum Gasteiger partial charge on any atom is -0.503 e. The van der Waals surface area contributed by atoms with E-state index in [1.165, 1.54) is 24.7 Å². The Bertz CT molecular complexity index is 965. The molecule has 0 saturated heterocycles. The van der Waals surface area contributed by atoms with Crippen LogP contribution in [0.1, 0.15) is 28.1 Å². The maximum absolute atomic E-state index is 12.8. The number of hydrogen-bond acceptors (Lipinski definition) is 7. The van der Waals surface area contributed by atoms with E-state index in [1.54, 1.807) is 25.1 Å². The van der Waals surface area contributed by atoms with Crippen molar-refractivity contribution in [3.05, 3.63) is 71.5 Å². The fourth-order valence-corrected chi connectivity index (χ4v) is 2.80. The molecule has 1 aliphatic heterocycles. The Morgan fingerprint density at radius 3 is 2.60 bits per heavy atom. The van der Waals surface area contributed by atoms with Crippen molar-refractivity contribution in [1.29, 1.82) is 0 Å². The quantitative estimate of drug-likeness (QED) is 0.727. The predicted molar refractivity (Wildman–Crippen MR) is 82.9 cm³/mol. The lowest BCUT2D eigenvalue weighted by molar-refractivity contribution is -0.117. The van der Waals surface area contributed by atoms with Gasteiger partial charge >= 0.3 is 0 Å². The molecule has 3 aromatic heterocycles. The molecule has 0 spiro atoms. The summed E-state index contributed by atoms with van der Waals surface area (Å²) in [7, 11) is 0. The van der Waals surface area contributed by atoms with Gasteiger partial charge in [-0.3, -0.25) is 14.5 Å². The third kappa shape index (κ3) is 2.26. The number of aryl methyl sites for hydroxylation is 1. The Morgan fingerprint density at radius 1 is 1.24 bits per heavy atom. The number of amides is 1. The first kappa shape index (κ1) is 15.0. The molecule has 0 aliphatic carbocycles. The number of furan rings is 2. The van der Waals surface area contributed by atoms with Crippen LogP contribution in [-0.2, 0) is 4.79 Å². The summed E-state index contributed by atoms with van der Waals surface area (Å²) in [5.74, 6) is -1.12. The fraction of sp³-hybridized carbons (Fsp3) is 0.118. The van der Waals surface area contributed by atoms with Crippen LogP contribution in [0.3, 0.4) is 0 Å². The van der Waals surface area contributed by atoms with E-state index in [2.05, 4.69) is 5.16 Å². The molecule has 25 heavy (non-hydrogen) atoms. The zero-order valence-corrected chi connectivity index (χ0v) is 13.0. The number of aliphatic hydroxyl groups is 1. The second-order valence-corrected chi connectivity index (χ2v) is 5.46. The third-order valence-electron chi connectivity index (χ3n) is 3.87. The molecule has 0 aromatic carbocycles. The second kappa shape index (κ2) is 5.52. The first-order chi connectivity index (χ1) is 12.1. The molecule has 4 rings (SSSR count). The lowest BCUT2D eigenvalue weighted by atomic mass is 10.00. The SMILES string of the molecule is Cc1cc(N2C(=O)C(O)=C(C(=O)c3ccco3)C2c2ccco2)no1. The zero-order valence-electron chi connectivity index (χ0n) is 13.0. The number of anilines is 1. The summed E-state index contributed by atoms with van der Waals surface area (Å²) in [4.78, 5) is 26.5. The summed E-state index contributed by atoms with van der Waals surface area (Å²) in [5.41, 5.74) is -0.143. The Kier molecular flexibility index (Phi) is 3.31. The largest absolute Gasteiger partial charge is 0.503 e. The number of ketones is 1. The Hall–Kier alpha value is -3.55. The number of carbonyl (C=O) groups excluding carboxylic acids is 2. The van der Waals surface area contributed by atoms with Crippen LogP contribution in [0.15, 0.2) is 67.5 Å². The van der Waals surface area contributed by atoms with Gasteiger partial charge in [-0.1, -0.05) is 5.16 Å². The van der Waals surface area contributed by atoms with Gasteiger partial charge < -0.3 is 18.5 Å². The number of aliphatic hydroxyl groups excluding tert-OH is 1. The fourth-order valence-electron chi connectivity index (χ4n) is 2.80. The molecule has 4 heterocycles. The molecule has 8 nitrogen and oxygen atoms in total. The highest BCUT2D eigenvalue weighted by atomic mass is 16.5. The molecular formula is C17H12N2O6. The van der Waals surface area contributed by atoms with Gasteiger partial charge in [0.2, 0.25) is 5.78 Å². The van der Waals surface area contributed by atoms with Crippen LogP contribution in [-0.4, -0.2) is 22.0 Å². The number of Topliss-reactive ketones (excluding diaryl/α,β-unsaturated/α-hetero) is 1. The summed E-state index contributed by atoms with van der Waals surface area (Å²) in [6.07, 6.45) is 2.75. The monoisotopic (exact) mass is 340 g/mol. The lowest BCUT2D eigenvalue weighted by Crippen LogP contribution is -2.31. The van der Waals surface area contributed by atoms with E-state index in [-0.39, 0.29) is 17.2 Å². The van der Waals surface area contributed by atoms with Crippen molar-refractivity contribution >= 4 is 17.5 Å². The molecule has 0 fully saturated rings. The van der Waals surface area contributed by atoms with E-state index in [0.29, 0.717) is 11.5 Å². The normalized spacial score (nSPS) is 17.6. The molecule has 1 aliphatic rings. The first-order valence-corrected chi connectivity index (χ1v) is 7.39. The van der Waals surface area contributed by atoms with Gasteiger partial charge in [0.1, 0.15) is 17.6 Å². The zero-order chi connectivity index (χ0) is 17.6. The van der Waals surface area contributed by atoms with Gasteiger partial charge in [-0.15, -0.1) is 0 Å². The average molecular weight is 340 g/mol. The van der Waals surface area contributed by atoms with Gasteiger partial charge in [-0.05, 0) is 31.2 Å². The highest BCUT2D eigenvalue weighted by Gasteiger charge is 2.47. The average Bonchev–Trinajstić information content (AvgIpc) is 3.36. The number of hydrogen-bond donors (Lipinski definition) is 1. The molecule has 0 radical (unpaired) electrons. The van der Waals surface area contributed by atoms with Crippen LogP contribution >= 0.6 is 0 Å². The van der Waals surface area contributed by atoms with Crippen molar-refractivity contribution in [2.45, 2.75) is 13.0 Å². The van der Waals surface area contributed by atoms with Gasteiger partial charge in [0.25, 0.3) is 5.91 Å². The molecular weight excluding hydrogens is 328 g/mol. The Balaban J connectivity index is 1.86. The maximum atomic E-state index is 12.8. The minimum atomic E-state index is -0.982. The summed E-state index contributed by atoms with van der Waals surface area (Å²) >= 11 is 0. The summed E-state index contributed by atoms with van der Waals surface area (Å²) in [6.45, 7) is 1.67. The number of nitrogens with zero attached hydrogens (tertiary/aromatic N) is 2. The minimum absolute atomic E-state index is 0.00379. The maximum Gasteiger partial charge on any atom is 0.295 e. The van der Waals surface area contributed by atoms with Gasteiger partial charge in [0.15, 0.2) is 17.3 Å². The van der Waals surface area contributed by atoms with Crippen molar-refractivity contribution in [1.82, 2.24) is 5.16 Å². The molecule has 1 amide bonds. The van der Waals surface area contributed by atoms with Crippen LogP contribution in [0, 0.1) is 6.92 Å². The number of aromatic nitrogens is 1.